The number of hydrogen-bond acceptors (Lipinski definition) is 4. The van der Waals surface area contributed by atoms with Crippen molar-refractivity contribution in [2.45, 2.75) is 4.90 Å². The molecule has 0 atom stereocenters. The van der Waals surface area contributed by atoms with Crippen LogP contribution < -0.4 is 11.1 Å². The predicted octanol–water partition coefficient (Wildman–Crippen LogP) is 1.44. The first kappa shape index (κ1) is 15.7. The van der Waals surface area contributed by atoms with Gasteiger partial charge in [0.2, 0.25) is 5.91 Å². The van der Waals surface area contributed by atoms with E-state index in [9.17, 15) is 18.0 Å². The molecule has 0 aliphatic heterocycles. The number of primary amides is 1. The standard InChI is InChI=1S/C15H14N2O4S/c1-22(20,21)13-7-5-10(6-8-13)15(19)17-12-4-2-3-11(9-12)14(16)18/h2-9H,1H3,(H2,16,18)(H,17,19). The van der Waals surface area contributed by atoms with Crippen molar-refractivity contribution in [3.8, 4) is 0 Å². The fourth-order valence-electron chi connectivity index (χ4n) is 1.81. The van der Waals surface area contributed by atoms with Gasteiger partial charge in [-0.05, 0) is 42.5 Å². The highest BCUT2D eigenvalue weighted by molar-refractivity contribution is 7.90. The molecule has 0 radical (unpaired) electrons. The van der Waals surface area contributed by atoms with Crippen LogP contribution in [0.3, 0.4) is 0 Å². The average molecular weight is 318 g/mol. The van der Waals surface area contributed by atoms with E-state index in [-0.39, 0.29) is 10.5 Å². The number of hydrogen-bond donors (Lipinski definition) is 2. The van der Waals surface area contributed by atoms with Crippen LogP contribution in [0.2, 0.25) is 0 Å². The van der Waals surface area contributed by atoms with Gasteiger partial charge in [0.15, 0.2) is 9.84 Å². The molecule has 3 N–H and O–H groups in total. The van der Waals surface area contributed by atoms with Gasteiger partial charge in [-0.1, -0.05) is 6.07 Å². The zero-order valence-corrected chi connectivity index (χ0v) is 12.6. The molecule has 0 fully saturated rings. The number of carbonyl (C=O) groups excluding carboxylic acids is 2. The molecular formula is C15H14N2O4S. The van der Waals surface area contributed by atoms with Gasteiger partial charge < -0.3 is 11.1 Å². The first-order valence-electron chi connectivity index (χ1n) is 6.29. The summed E-state index contributed by atoms with van der Waals surface area (Å²) in [6, 6.07) is 11.8. The molecule has 0 heterocycles. The molecule has 2 amide bonds. The second-order valence-corrected chi connectivity index (χ2v) is 6.71. The Morgan fingerprint density at radius 3 is 2.18 bits per heavy atom. The molecule has 0 aliphatic carbocycles. The van der Waals surface area contributed by atoms with Crippen molar-refractivity contribution in [2.24, 2.45) is 5.73 Å². The minimum absolute atomic E-state index is 0.139. The van der Waals surface area contributed by atoms with E-state index in [2.05, 4.69) is 5.32 Å². The van der Waals surface area contributed by atoms with Crippen molar-refractivity contribution in [3.05, 3.63) is 59.7 Å². The van der Waals surface area contributed by atoms with E-state index < -0.39 is 21.7 Å². The zero-order valence-electron chi connectivity index (χ0n) is 11.7. The largest absolute Gasteiger partial charge is 0.366 e. The summed E-state index contributed by atoms with van der Waals surface area (Å²) in [4.78, 5) is 23.3. The molecule has 2 aromatic rings. The van der Waals surface area contributed by atoms with Crippen molar-refractivity contribution in [2.75, 3.05) is 11.6 Å². The summed E-state index contributed by atoms with van der Waals surface area (Å²) in [6.45, 7) is 0. The number of carbonyl (C=O) groups is 2. The third-order valence-corrected chi connectivity index (χ3v) is 4.08. The highest BCUT2D eigenvalue weighted by Gasteiger charge is 2.10. The smallest absolute Gasteiger partial charge is 0.255 e. The molecule has 0 aromatic heterocycles. The Morgan fingerprint density at radius 1 is 1.00 bits per heavy atom. The van der Waals surface area contributed by atoms with Crippen LogP contribution in [0, 0.1) is 0 Å². The maximum absolute atomic E-state index is 12.1. The first-order valence-corrected chi connectivity index (χ1v) is 8.18. The third-order valence-electron chi connectivity index (χ3n) is 2.95. The number of amides is 2. The Hall–Kier alpha value is -2.67. The highest BCUT2D eigenvalue weighted by Crippen LogP contribution is 2.14. The molecule has 0 unspecified atom stereocenters. The lowest BCUT2D eigenvalue weighted by Gasteiger charge is -2.07. The number of nitrogens with one attached hydrogen (secondary N) is 1. The summed E-state index contributed by atoms with van der Waals surface area (Å²) in [5, 5.41) is 2.62. The normalized spacial score (nSPS) is 11.0. The van der Waals surface area contributed by atoms with Crippen molar-refractivity contribution >= 4 is 27.3 Å². The van der Waals surface area contributed by atoms with Crippen LogP contribution in [0.15, 0.2) is 53.4 Å². The molecule has 6 nitrogen and oxygen atoms in total. The number of anilines is 1. The minimum Gasteiger partial charge on any atom is -0.366 e. The van der Waals surface area contributed by atoms with Gasteiger partial charge in [0, 0.05) is 23.1 Å². The lowest BCUT2D eigenvalue weighted by Crippen LogP contribution is -2.14. The average Bonchev–Trinajstić information content (AvgIpc) is 2.46. The summed E-state index contributed by atoms with van der Waals surface area (Å²) >= 11 is 0. The van der Waals surface area contributed by atoms with Gasteiger partial charge in [-0.15, -0.1) is 0 Å². The lowest BCUT2D eigenvalue weighted by atomic mass is 10.1. The Labute approximate surface area is 127 Å². The maximum Gasteiger partial charge on any atom is 0.255 e. The Morgan fingerprint density at radius 2 is 1.64 bits per heavy atom. The molecule has 0 saturated carbocycles. The summed E-state index contributed by atoms with van der Waals surface area (Å²) in [7, 11) is -3.30. The Balaban J connectivity index is 2.19. The summed E-state index contributed by atoms with van der Waals surface area (Å²) in [5.41, 5.74) is 6.18. The van der Waals surface area contributed by atoms with Crippen LogP contribution in [0.4, 0.5) is 5.69 Å². The molecule has 7 heteroatoms. The molecule has 0 aliphatic rings. The number of benzene rings is 2. The molecule has 22 heavy (non-hydrogen) atoms. The van der Waals surface area contributed by atoms with E-state index in [1.54, 1.807) is 18.2 Å². The van der Waals surface area contributed by atoms with E-state index in [1.165, 1.54) is 30.3 Å². The summed E-state index contributed by atoms with van der Waals surface area (Å²) < 4.78 is 22.7. The van der Waals surface area contributed by atoms with Gasteiger partial charge in [-0.25, -0.2) is 8.42 Å². The highest BCUT2D eigenvalue weighted by atomic mass is 32.2. The van der Waals surface area contributed by atoms with Crippen LogP contribution in [0.25, 0.3) is 0 Å². The third kappa shape index (κ3) is 3.70. The van der Waals surface area contributed by atoms with Gasteiger partial charge in [-0.3, -0.25) is 9.59 Å². The second-order valence-electron chi connectivity index (χ2n) is 4.70. The molecule has 2 aromatic carbocycles. The molecular weight excluding hydrogens is 304 g/mol. The fourth-order valence-corrected chi connectivity index (χ4v) is 2.44. The van der Waals surface area contributed by atoms with Crippen LogP contribution in [0.5, 0.6) is 0 Å². The first-order chi connectivity index (χ1) is 10.3. The van der Waals surface area contributed by atoms with Crippen molar-refractivity contribution in [3.63, 3.8) is 0 Å². The quantitative estimate of drug-likeness (QED) is 0.889. The van der Waals surface area contributed by atoms with Gasteiger partial charge >= 0.3 is 0 Å². The Kier molecular flexibility index (Phi) is 4.27. The van der Waals surface area contributed by atoms with Crippen molar-refractivity contribution < 1.29 is 18.0 Å². The van der Waals surface area contributed by atoms with Crippen LogP contribution in [-0.4, -0.2) is 26.5 Å². The Bertz CT molecular complexity index is 827. The van der Waals surface area contributed by atoms with Crippen molar-refractivity contribution in [1.29, 1.82) is 0 Å². The van der Waals surface area contributed by atoms with Gasteiger partial charge in [-0.2, -0.15) is 0 Å². The van der Waals surface area contributed by atoms with E-state index in [1.807, 2.05) is 0 Å². The van der Waals surface area contributed by atoms with Gasteiger partial charge in [0.25, 0.3) is 5.91 Å². The molecule has 0 bridgehead atoms. The lowest BCUT2D eigenvalue weighted by molar-refractivity contribution is 0.0996. The summed E-state index contributed by atoms with van der Waals surface area (Å²) in [5.74, 6) is -1.00. The SMILES string of the molecule is CS(=O)(=O)c1ccc(C(=O)Nc2cccc(C(N)=O)c2)cc1. The molecule has 0 saturated heterocycles. The molecule has 114 valence electrons. The van der Waals surface area contributed by atoms with Gasteiger partial charge in [0.05, 0.1) is 4.90 Å². The summed E-state index contributed by atoms with van der Waals surface area (Å²) in [6.07, 6.45) is 1.09. The minimum atomic E-state index is -3.30. The van der Waals surface area contributed by atoms with E-state index >= 15 is 0 Å². The van der Waals surface area contributed by atoms with Crippen LogP contribution in [-0.2, 0) is 9.84 Å². The molecule has 0 spiro atoms. The molecule has 2 rings (SSSR count). The van der Waals surface area contributed by atoms with Crippen LogP contribution >= 0.6 is 0 Å². The maximum atomic E-state index is 12.1. The topological polar surface area (TPSA) is 106 Å². The monoisotopic (exact) mass is 318 g/mol. The van der Waals surface area contributed by atoms with E-state index in [4.69, 9.17) is 5.73 Å². The number of rotatable bonds is 4. The van der Waals surface area contributed by atoms with E-state index in [0.29, 0.717) is 11.3 Å². The van der Waals surface area contributed by atoms with Gasteiger partial charge in [0.1, 0.15) is 0 Å². The second kappa shape index (κ2) is 5.98. The van der Waals surface area contributed by atoms with Crippen molar-refractivity contribution in [1.82, 2.24) is 0 Å². The van der Waals surface area contributed by atoms with Crippen LogP contribution in [0.1, 0.15) is 20.7 Å². The number of nitrogens with two attached hydrogens (primary N) is 1. The van der Waals surface area contributed by atoms with E-state index in [0.717, 1.165) is 6.26 Å². The fraction of sp³-hybridized carbons (Fsp3) is 0.0667. The number of sulfone groups is 1. The predicted molar refractivity (Wildman–Crippen MR) is 82.5 cm³/mol. The zero-order chi connectivity index (χ0) is 16.3.